The van der Waals surface area contributed by atoms with Gasteiger partial charge in [-0.15, -0.1) is 11.3 Å². The Bertz CT molecular complexity index is 757. The number of halogens is 2. The lowest BCUT2D eigenvalue weighted by Gasteiger charge is -2.03. The first-order chi connectivity index (χ1) is 9.13. The number of rotatable bonds is 2. The molecule has 0 spiro atoms. The first-order valence-corrected chi connectivity index (χ1v) is 7.50. The SMILES string of the molecule is Cc1cc2c(Sc3ccccc3F)nc(Cl)nc2s1. The maximum absolute atomic E-state index is 13.7. The molecule has 2 heterocycles. The Labute approximate surface area is 122 Å². The maximum atomic E-state index is 13.7. The molecule has 0 N–H and O–H groups in total. The van der Waals surface area contributed by atoms with E-state index in [0.29, 0.717) is 9.92 Å². The van der Waals surface area contributed by atoms with Gasteiger partial charge in [-0.25, -0.2) is 14.4 Å². The molecule has 0 aliphatic heterocycles. The van der Waals surface area contributed by atoms with Crippen molar-refractivity contribution >= 4 is 44.9 Å². The lowest BCUT2D eigenvalue weighted by Crippen LogP contribution is -1.87. The molecule has 0 unspecified atom stereocenters. The van der Waals surface area contributed by atoms with Crippen molar-refractivity contribution in [3.63, 3.8) is 0 Å². The highest BCUT2D eigenvalue weighted by Crippen LogP contribution is 2.36. The fourth-order valence-electron chi connectivity index (χ4n) is 1.70. The van der Waals surface area contributed by atoms with Crippen LogP contribution in [0.5, 0.6) is 0 Å². The molecule has 19 heavy (non-hydrogen) atoms. The van der Waals surface area contributed by atoms with Crippen LogP contribution in [0.1, 0.15) is 4.88 Å². The molecule has 3 aromatic rings. The minimum atomic E-state index is -0.262. The number of fused-ring (bicyclic) bond motifs is 1. The average Bonchev–Trinajstić information content (AvgIpc) is 2.72. The van der Waals surface area contributed by atoms with Gasteiger partial charge in [-0.3, -0.25) is 0 Å². The molecule has 0 saturated carbocycles. The Hall–Kier alpha value is -1.17. The number of hydrogen-bond acceptors (Lipinski definition) is 4. The van der Waals surface area contributed by atoms with E-state index < -0.39 is 0 Å². The van der Waals surface area contributed by atoms with E-state index in [1.165, 1.54) is 17.8 Å². The molecule has 0 radical (unpaired) electrons. The van der Waals surface area contributed by atoms with Crippen molar-refractivity contribution in [3.8, 4) is 0 Å². The number of nitrogens with zero attached hydrogens (tertiary/aromatic N) is 2. The first kappa shape index (κ1) is 12.8. The smallest absolute Gasteiger partial charge is 0.210 e. The molecule has 96 valence electrons. The van der Waals surface area contributed by atoms with E-state index in [-0.39, 0.29) is 11.1 Å². The summed E-state index contributed by atoms with van der Waals surface area (Å²) in [4.78, 5) is 10.9. The Balaban J connectivity index is 2.12. The van der Waals surface area contributed by atoms with Gasteiger partial charge >= 0.3 is 0 Å². The number of benzene rings is 1. The minimum Gasteiger partial charge on any atom is -0.210 e. The highest BCUT2D eigenvalue weighted by atomic mass is 35.5. The van der Waals surface area contributed by atoms with Gasteiger partial charge in [0.25, 0.3) is 0 Å². The van der Waals surface area contributed by atoms with E-state index in [1.807, 2.05) is 13.0 Å². The van der Waals surface area contributed by atoms with Gasteiger partial charge in [0, 0.05) is 15.2 Å². The molecule has 0 aliphatic carbocycles. The molecule has 0 atom stereocenters. The second kappa shape index (κ2) is 5.07. The van der Waals surface area contributed by atoms with E-state index in [0.717, 1.165) is 15.1 Å². The Kier molecular flexibility index (Phi) is 3.43. The summed E-state index contributed by atoms with van der Waals surface area (Å²) in [5.41, 5.74) is 0. The summed E-state index contributed by atoms with van der Waals surface area (Å²) in [5, 5.41) is 1.79. The average molecular weight is 311 g/mol. The van der Waals surface area contributed by atoms with Crippen molar-refractivity contribution in [2.45, 2.75) is 16.8 Å². The number of aryl methyl sites for hydroxylation is 1. The molecule has 0 bridgehead atoms. The van der Waals surface area contributed by atoms with E-state index >= 15 is 0 Å². The Morgan fingerprint density at radius 1 is 1.26 bits per heavy atom. The predicted octanol–water partition coefficient (Wildman–Crippen LogP) is 4.94. The highest BCUT2D eigenvalue weighted by Gasteiger charge is 2.12. The summed E-state index contributed by atoms with van der Waals surface area (Å²) in [7, 11) is 0. The van der Waals surface area contributed by atoms with Gasteiger partial charge < -0.3 is 0 Å². The monoisotopic (exact) mass is 310 g/mol. The fraction of sp³-hybridized carbons (Fsp3) is 0.0769. The molecule has 6 heteroatoms. The molecule has 1 aromatic carbocycles. The third-order valence-electron chi connectivity index (χ3n) is 2.50. The normalized spacial score (nSPS) is 11.1. The van der Waals surface area contributed by atoms with Gasteiger partial charge in [0.05, 0.1) is 0 Å². The summed E-state index contributed by atoms with van der Waals surface area (Å²) in [6, 6.07) is 8.61. The van der Waals surface area contributed by atoms with Crippen molar-refractivity contribution < 1.29 is 4.39 Å². The number of thiophene rings is 1. The molecule has 2 aromatic heterocycles. The van der Waals surface area contributed by atoms with E-state index in [1.54, 1.807) is 29.5 Å². The van der Waals surface area contributed by atoms with Crippen molar-refractivity contribution in [1.82, 2.24) is 9.97 Å². The van der Waals surface area contributed by atoms with Gasteiger partial charge in [-0.2, -0.15) is 0 Å². The number of aromatic nitrogens is 2. The largest absolute Gasteiger partial charge is 0.224 e. The molecule has 2 nitrogen and oxygen atoms in total. The topological polar surface area (TPSA) is 25.8 Å². The van der Waals surface area contributed by atoms with E-state index in [9.17, 15) is 4.39 Å². The van der Waals surface area contributed by atoms with Crippen LogP contribution in [0, 0.1) is 12.7 Å². The van der Waals surface area contributed by atoms with Crippen LogP contribution in [0.4, 0.5) is 4.39 Å². The zero-order valence-electron chi connectivity index (χ0n) is 9.85. The third-order valence-corrected chi connectivity index (χ3v) is 4.67. The van der Waals surface area contributed by atoms with Crippen LogP contribution < -0.4 is 0 Å². The van der Waals surface area contributed by atoms with Crippen LogP contribution >= 0.6 is 34.7 Å². The van der Waals surface area contributed by atoms with Gasteiger partial charge in [-0.1, -0.05) is 23.9 Å². The Morgan fingerprint density at radius 2 is 2.05 bits per heavy atom. The quantitative estimate of drug-likeness (QED) is 0.495. The summed E-state index contributed by atoms with van der Waals surface area (Å²) >= 11 is 8.74. The second-order valence-electron chi connectivity index (χ2n) is 3.91. The standard InChI is InChI=1S/C13H8ClFN2S2/c1-7-6-8-11(18-7)16-13(14)17-12(8)19-10-5-3-2-4-9(10)15/h2-6H,1H3. The molecule has 3 rings (SSSR count). The third kappa shape index (κ3) is 2.59. The molecule has 0 aliphatic rings. The summed E-state index contributed by atoms with van der Waals surface area (Å²) in [5.74, 6) is -0.262. The van der Waals surface area contributed by atoms with Gasteiger partial charge in [0.15, 0.2) is 0 Å². The first-order valence-electron chi connectivity index (χ1n) is 5.49. The molecular formula is C13H8ClFN2S2. The lowest BCUT2D eigenvalue weighted by atomic mass is 10.3. The highest BCUT2D eigenvalue weighted by molar-refractivity contribution is 7.99. The van der Waals surface area contributed by atoms with Crippen molar-refractivity contribution in [2.24, 2.45) is 0 Å². The van der Waals surface area contributed by atoms with Gasteiger partial charge in [-0.05, 0) is 36.7 Å². The molecule has 0 saturated heterocycles. The van der Waals surface area contributed by atoms with Crippen LogP contribution in [0.25, 0.3) is 10.2 Å². The van der Waals surface area contributed by atoms with Crippen LogP contribution in [0.2, 0.25) is 5.28 Å². The summed E-state index contributed by atoms with van der Waals surface area (Å²) < 4.78 is 13.7. The molecule has 0 amide bonds. The number of hydrogen-bond donors (Lipinski definition) is 0. The second-order valence-corrected chi connectivity index (χ2v) is 6.51. The van der Waals surface area contributed by atoms with Crippen LogP contribution in [-0.4, -0.2) is 9.97 Å². The zero-order chi connectivity index (χ0) is 13.4. The Morgan fingerprint density at radius 3 is 2.84 bits per heavy atom. The molecule has 0 fully saturated rings. The van der Waals surface area contributed by atoms with E-state index in [4.69, 9.17) is 11.6 Å². The van der Waals surface area contributed by atoms with Crippen molar-refractivity contribution in [1.29, 1.82) is 0 Å². The van der Waals surface area contributed by atoms with Crippen molar-refractivity contribution in [3.05, 3.63) is 46.3 Å². The fourth-order valence-corrected chi connectivity index (χ4v) is 3.83. The van der Waals surface area contributed by atoms with Crippen LogP contribution in [-0.2, 0) is 0 Å². The predicted molar refractivity (Wildman–Crippen MR) is 77.7 cm³/mol. The zero-order valence-corrected chi connectivity index (χ0v) is 12.2. The maximum Gasteiger partial charge on any atom is 0.224 e. The summed E-state index contributed by atoms with van der Waals surface area (Å²) in [6.45, 7) is 2.00. The van der Waals surface area contributed by atoms with Crippen LogP contribution in [0.15, 0.2) is 40.3 Å². The minimum absolute atomic E-state index is 0.188. The van der Waals surface area contributed by atoms with E-state index in [2.05, 4.69) is 9.97 Å². The van der Waals surface area contributed by atoms with Gasteiger partial charge in [0.1, 0.15) is 15.7 Å². The van der Waals surface area contributed by atoms with Crippen LogP contribution in [0.3, 0.4) is 0 Å². The lowest BCUT2D eigenvalue weighted by molar-refractivity contribution is 0.602. The van der Waals surface area contributed by atoms with Crippen molar-refractivity contribution in [2.75, 3.05) is 0 Å². The summed E-state index contributed by atoms with van der Waals surface area (Å²) in [6.07, 6.45) is 0. The van der Waals surface area contributed by atoms with Gasteiger partial charge in [0.2, 0.25) is 5.28 Å². The molecular weight excluding hydrogens is 303 g/mol.